The summed E-state index contributed by atoms with van der Waals surface area (Å²) in [7, 11) is 0. The largest absolute Gasteiger partial charge is 0.353 e. The first-order chi connectivity index (χ1) is 18.8. The minimum atomic E-state index is -0.0863. The summed E-state index contributed by atoms with van der Waals surface area (Å²) in [5, 5.41) is 10.9. The second kappa shape index (κ2) is 11.8. The minimum absolute atomic E-state index is 0.0438. The first-order valence-electron chi connectivity index (χ1n) is 14.5. The first kappa shape index (κ1) is 27.3. The van der Waals surface area contributed by atoms with E-state index in [1.54, 1.807) is 23.3 Å². The molecule has 0 aliphatic carbocycles. The average Bonchev–Trinajstić information content (AvgIpc) is 3.46. The van der Waals surface area contributed by atoms with E-state index in [-0.39, 0.29) is 47.6 Å². The Morgan fingerprint density at radius 1 is 1.05 bits per heavy atom. The number of piperidine rings is 2. The number of nitrogens with one attached hydrogen (secondary N) is 1. The number of pyridine rings is 1. The Bertz CT molecular complexity index is 1170. The van der Waals surface area contributed by atoms with Gasteiger partial charge in [0, 0.05) is 44.6 Å². The van der Waals surface area contributed by atoms with Crippen LogP contribution in [-0.2, 0) is 9.59 Å². The average molecular weight is 536 g/mol. The molecule has 3 amide bonds. The van der Waals surface area contributed by atoms with Gasteiger partial charge >= 0.3 is 0 Å². The highest BCUT2D eigenvalue weighted by Gasteiger charge is 2.44. The molecule has 0 aromatic carbocycles. The van der Waals surface area contributed by atoms with E-state index in [0.29, 0.717) is 49.9 Å². The van der Waals surface area contributed by atoms with E-state index in [9.17, 15) is 14.4 Å². The summed E-state index contributed by atoms with van der Waals surface area (Å²) < 4.78 is 1.68. The van der Waals surface area contributed by atoms with Gasteiger partial charge in [-0.25, -0.2) is 4.98 Å². The molecule has 5 rings (SSSR count). The quantitative estimate of drug-likeness (QED) is 0.646. The van der Waals surface area contributed by atoms with Crippen LogP contribution >= 0.6 is 0 Å². The van der Waals surface area contributed by atoms with Crippen LogP contribution in [0.1, 0.15) is 76.2 Å². The van der Waals surface area contributed by atoms with Crippen molar-refractivity contribution in [1.82, 2.24) is 34.9 Å². The number of amides is 3. The first-order valence-corrected chi connectivity index (χ1v) is 14.5. The number of fused-ring (bicyclic) bond motifs is 4. The van der Waals surface area contributed by atoms with Crippen LogP contribution in [0.3, 0.4) is 0 Å². The molecule has 0 spiro atoms. The van der Waals surface area contributed by atoms with Crippen LogP contribution in [0.2, 0.25) is 0 Å². The maximum Gasteiger partial charge on any atom is 0.272 e. The second-order valence-electron chi connectivity index (χ2n) is 12.1. The van der Waals surface area contributed by atoms with E-state index in [2.05, 4.69) is 46.2 Å². The Morgan fingerprint density at radius 2 is 1.85 bits per heavy atom. The van der Waals surface area contributed by atoms with E-state index in [4.69, 9.17) is 0 Å². The fraction of sp³-hybridized carbons (Fsp3) is 0.655. The van der Waals surface area contributed by atoms with Crippen LogP contribution < -0.4 is 5.32 Å². The van der Waals surface area contributed by atoms with E-state index in [1.165, 1.54) is 0 Å². The van der Waals surface area contributed by atoms with Gasteiger partial charge in [-0.1, -0.05) is 26.8 Å². The van der Waals surface area contributed by atoms with E-state index < -0.39 is 0 Å². The predicted molar refractivity (Wildman–Crippen MR) is 146 cm³/mol. The number of hydrogen-bond acceptors (Lipinski definition) is 6. The predicted octanol–water partition coefficient (Wildman–Crippen LogP) is 3.08. The van der Waals surface area contributed by atoms with Crippen molar-refractivity contribution in [3.63, 3.8) is 0 Å². The zero-order valence-corrected chi connectivity index (χ0v) is 23.3. The minimum Gasteiger partial charge on any atom is -0.353 e. The van der Waals surface area contributed by atoms with Crippen LogP contribution in [0, 0.1) is 23.7 Å². The van der Waals surface area contributed by atoms with Crippen LogP contribution in [0.4, 0.5) is 0 Å². The third-order valence-corrected chi connectivity index (χ3v) is 8.76. The number of nitrogens with zero attached hydrogens (tertiary/aromatic N) is 6. The van der Waals surface area contributed by atoms with E-state index >= 15 is 0 Å². The van der Waals surface area contributed by atoms with Gasteiger partial charge in [0.1, 0.15) is 24.2 Å². The summed E-state index contributed by atoms with van der Waals surface area (Å²) in [6.07, 6.45) is 8.46. The van der Waals surface area contributed by atoms with Gasteiger partial charge in [0.25, 0.3) is 5.91 Å². The molecule has 2 aromatic rings. The van der Waals surface area contributed by atoms with Gasteiger partial charge in [-0.2, -0.15) is 0 Å². The Hall–Kier alpha value is -3.30. The SMILES string of the molecule is CC(C)[C@@H]1CC[C@@H](C)CC(=O)N2C[C@H]3C[C@H](CN(C(=O)c4cccc(-n5cnnc5)n4)C3)[C@@H]2CCCC(=O)N1. The molecule has 10 heteroatoms. The standard InChI is InChI=1S/C29H41N7O3/c1-19(2)23-11-10-20(3)12-28(38)36-15-21-13-22(25(36)7-5-9-27(37)33-23)16-34(14-21)29(39)24-6-4-8-26(32-24)35-17-30-31-18-35/h4,6,8,17-23,25H,5,7,9-16H2,1-3H3,(H,33,37)/t20-,21+,22-,23+,25+/m1/s1. The zero-order chi connectivity index (χ0) is 27.5. The lowest BCUT2D eigenvalue weighted by Crippen LogP contribution is -2.60. The van der Waals surface area contributed by atoms with Crippen LogP contribution in [0.5, 0.6) is 0 Å². The smallest absolute Gasteiger partial charge is 0.272 e. The lowest BCUT2D eigenvalue weighted by atomic mass is 9.77. The fourth-order valence-electron chi connectivity index (χ4n) is 6.64. The summed E-state index contributed by atoms with van der Waals surface area (Å²) in [5.41, 5.74) is 0.397. The van der Waals surface area contributed by atoms with Crippen LogP contribution in [0.15, 0.2) is 30.9 Å². The highest BCUT2D eigenvalue weighted by atomic mass is 16.2. The molecule has 5 atom stereocenters. The number of likely N-dealkylation sites (tertiary alicyclic amines) is 1. The molecule has 210 valence electrons. The molecule has 3 saturated heterocycles. The van der Waals surface area contributed by atoms with Crippen molar-refractivity contribution in [2.45, 2.75) is 77.8 Å². The molecular weight excluding hydrogens is 494 g/mol. The molecule has 3 fully saturated rings. The lowest BCUT2D eigenvalue weighted by Gasteiger charge is -2.51. The van der Waals surface area contributed by atoms with Crippen molar-refractivity contribution in [3.8, 4) is 5.82 Å². The summed E-state index contributed by atoms with van der Waals surface area (Å²) in [5.74, 6) is 1.91. The highest BCUT2D eigenvalue weighted by Crippen LogP contribution is 2.37. The van der Waals surface area contributed by atoms with Gasteiger partial charge in [0.2, 0.25) is 11.8 Å². The van der Waals surface area contributed by atoms with Crippen molar-refractivity contribution in [2.75, 3.05) is 19.6 Å². The molecule has 2 bridgehead atoms. The normalized spacial score (nSPS) is 28.7. The summed E-state index contributed by atoms with van der Waals surface area (Å²) in [6.45, 7) is 8.33. The number of carbonyl (C=O) groups is 3. The maximum atomic E-state index is 13.6. The molecule has 1 N–H and O–H groups in total. The van der Waals surface area contributed by atoms with E-state index in [0.717, 1.165) is 32.1 Å². The number of aromatic nitrogens is 4. The second-order valence-corrected chi connectivity index (χ2v) is 12.1. The van der Waals surface area contributed by atoms with E-state index in [1.807, 2.05) is 17.0 Å². The maximum absolute atomic E-state index is 13.6. The molecule has 3 aliphatic heterocycles. The molecule has 2 aromatic heterocycles. The van der Waals surface area contributed by atoms with Gasteiger partial charge in [-0.05, 0) is 67.9 Å². The fourth-order valence-corrected chi connectivity index (χ4v) is 6.64. The van der Waals surface area contributed by atoms with Crippen molar-refractivity contribution >= 4 is 17.7 Å². The Balaban J connectivity index is 1.32. The van der Waals surface area contributed by atoms with Crippen LogP contribution in [0.25, 0.3) is 5.82 Å². The molecule has 0 radical (unpaired) electrons. The Morgan fingerprint density at radius 3 is 2.62 bits per heavy atom. The monoisotopic (exact) mass is 535 g/mol. The van der Waals surface area contributed by atoms with Gasteiger partial charge in [0.15, 0.2) is 0 Å². The van der Waals surface area contributed by atoms with Gasteiger partial charge in [-0.3, -0.25) is 19.0 Å². The highest BCUT2D eigenvalue weighted by molar-refractivity contribution is 5.92. The molecule has 39 heavy (non-hydrogen) atoms. The summed E-state index contributed by atoms with van der Waals surface area (Å²) >= 11 is 0. The molecule has 0 unspecified atom stereocenters. The molecule has 0 saturated carbocycles. The van der Waals surface area contributed by atoms with Gasteiger partial charge in [-0.15, -0.1) is 10.2 Å². The Kier molecular flexibility index (Phi) is 8.28. The Labute approximate surface area is 230 Å². The van der Waals surface area contributed by atoms with Gasteiger partial charge in [0.05, 0.1) is 0 Å². The molecule has 5 heterocycles. The lowest BCUT2D eigenvalue weighted by molar-refractivity contribution is -0.141. The number of carbonyl (C=O) groups excluding carboxylic acids is 3. The summed E-state index contributed by atoms with van der Waals surface area (Å²) in [4.78, 5) is 48.6. The topological polar surface area (TPSA) is 113 Å². The van der Waals surface area contributed by atoms with Gasteiger partial charge < -0.3 is 15.1 Å². The third-order valence-electron chi connectivity index (χ3n) is 8.76. The molecule has 3 aliphatic rings. The zero-order valence-electron chi connectivity index (χ0n) is 23.3. The molecule has 10 nitrogen and oxygen atoms in total. The van der Waals surface area contributed by atoms with Crippen molar-refractivity contribution in [1.29, 1.82) is 0 Å². The third kappa shape index (κ3) is 6.31. The number of rotatable bonds is 3. The molecular formula is C29H41N7O3. The van der Waals surface area contributed by atoms with Crippen molar-refractivity contribution < 1.29 is 14.4 Å². The van der Waals surface area contributed by atoms with Crippen molar-refractivity contribution in [3.05, 3.63) is 36.5 Å². The van der Waals surface area contributed by atoms with Crippen molar-refractivity contribution in [2.24, 2.45) is 23.7 Å². The van der Waals surface area contributed by atoms with Crippen LogP contribution in [-0.4, -0.2) is 79.0 Å². The summed E-state index contributed by atoms with van der Waals surface area (Å²) in [6, 6.07) is 5.59. The number of hydrogen-bond donors (Lipinski definition) is 1.